The first kappa shape index (κ1) is 22.4. The summed E-state index contributed by atoms with van der Waals surface area (Å²) in [7, 11) is 0. The van der Waals surface area contributed by atoms with Crippen LogP contribution in [-0.2, 0) is 0 Å². The summed E-state index contributed by atoms with van der Waals surface area (Å²) in [6, 6.07) is 2.36. The van der Waals surface area contributed by atoms with Crippen LogP contribution in [0.15, 0.2) is 24.3 Å². The Morgan fingerprint density at radius 1 is 0.759 bits per heavy atom. The first-order valence-electron chi connectivity index (χ1n) is 11.4. The van der Waals surface area contributed by atoms with Gasteiger partial charge in [0.25, 0.3) is 0 Å². The number of hydrogen-bond acceptors (Lipinski definition) is 0. The highest BCUT2D eigenvalue weighted by molar-refractivity contribution is 5.23. The number of allylic oxidation sites excluding steroid dienone is 2. The molecule has 0 aromatic heterocycles. The lowest BCUT2D eigenvalue weighted by Gasteiger charge is -2.38. The molecule has 0 N–H and O–H groups in total. The zero-order valence-corrected chi connectivity index (χ0v) is 17.3. The Kier molecular flexibility index (Phi) is 8.62. The predicted molar refractivity (Wildman–Crippen MR) is 110 cm³/mol. The number of halogens is 4. The van der Waals surface area contributed by atoms with E-state index in [1.165, 1.54) is 50.7 Å². The summed E-state index contributed by atoms with van der Waals surface area (Å²) in [5.41, 5.74) is 0.615. The Hall–Kier alpha value is -1.32. The standard InChI is InChI=1S/C25H34F4/c26-15-5-3-1-2-4-6-18-7-9-19(10-8-18)20-11-13-21(14-12-20)22-16-23(27)25(29)24(28)17-22/h1,3,16-21H,2,4-15H2/b3-1+/t18-,19-,20?,21?. The van der Waals surface area contributed by atoms with Crippen molar-refractivity contribution in [3.63, 3.8) is 0 Å². The average Bonchev–Trinajstić information content (AvgIpc) is 2.75. The van der Waals surface area contributed by atoms with E-state index in [2.05, 4.69) is 6.08 Å². The largest absolute Gasteiger partial charge is 0.251 e. The second-order valence-corrected chi connectivity index (χ2v) is 9.07. The molecule has 29 heavy (non-hydrogen) atoms. The molecule has 0 atom stereocenters. The molecule has 2 aliphatic carbocycles. The third kappa shape index (κ3) is 6.33. The molecule has 1 aromatic rings. The van der Waals surface area contributed by atoms with Gasteiger partial charge in [0.05, 0.1) is 6.67 Å². The van der Waals surface area contributed by atoms with Gasteiger partial charge in [-0.15, -0.1) is 0 Å². The smallest absolute Gasteiger partial charge is 0.194 e. The van der Waals surface area contributed by atoms with Crippen molar-refractivity contribution in [3.8, 4) is 0 Å². The maximum absolute atomic E-state index is 13.5. The van der Waals surface area contributed by atoms with Crippen LogP contribution in [0, 0.1) is 35.2 Å². The van der Waals surface area contributed by atoms with Crippen LogP contribution in [0.25, 0.3) is 0 Å². The van der Waals surface area contributed by atoms with E-state index in [4.69, 9.17) is 0 Å². The predicted octanol–water partition coefficient (Wildman–Crippen LogP) is 8.27. The summed E-state index contributed by atoms with van der Waals surface area (Å²) < 4.78 is 52.3. The highest BCUT2D eigenvalue weighted by Crippen LogP contribution is 2.44. The van der Waals surface area contributed by atoms with Crippen molar-refractivity contribution in [2.45, 2.75) is 83.0 Å². The molecule has 4 heteroatoms. The van der Waals surface area contributed by atoms with Crippen molar-refractivity contribution < 1.29 is 17.6 Å². The van der Waals surface area contributed by atoms with Gasteiger partial charge in [-0.3, -0.25) is 4.39 Å². The van der Waals surface area contributed by atoms with E-state index in [0.717, 1.165) is 49.9 Å². The van der Waals surface area contributed by atoms with Crippen LogP contribution >= 0.6 is 0 Å². The number of hydrogen-bond donors (Lipinski definition) is 0. The van der Waals surface area contributed by atoms with Gasteiger partial charge in [-0.2, -0.15) is 0 Å². The van der Waals surface area contributed by atoms with Gasteiger partial charge >= 0.3 is 0 Å². The molecule has 0 radical (unpaired) electrons. The van der Waals surface area contributed by atoms with Crippen LogP contribution in [0.4, 0.5) is 17.6 Å². The minimum Gasteiger partial charge on any atom is -0.251 e. The van der Waals surface area contributed by atoms with Crippen molar-refractivity contribution in [3.05, 3.63) is 47.3 Å². The molecule has 0 saturated heterocycles. The normalized spacial score (nSPS) is 28.1. The molecule has 2 fully saturated rings. The summed E-state index contributed by atoms with van der Waals surface area (Å²) in [5, 5.41) is 0. The Bertz CT molecular complexity index is 630. The Labute approximate surface area is 172 Å². The first-order valence-corrected chi connectivity index (χ1v) is 11.4. The molecule has 0 bridgehead atoms. The number of benzene rings is 1. The summed E-state index contributed by atoms with van der Waals surface area (Å²) in [6.45, 7) is -0.264. The van der Waals surface area contributed by atoms with Gasteiger partial charge < -0.3 is 0 Å². The molecule has 0 aliphatic heterocycles. The molecular weight excluding hydrogens is 376 g/mol. The fraction of sp³-hybridized carbons (Fsp3) is 0.680. The van der Waals surface area contributed by atoms with Gasteiger partial charge in [0.15, 0.2) is 17.5 Å². The fourth-order valence-corrected chi connectivity index (χ4v) is 5.51. The maximum atomic E-state index is 13.5. The molecule has 1 aromatic carbocycles. The average molecular weight is 411 g/mol. The van der Waals surface area contributed by atoms with Gasteiger partial charge in [0.2, 0.25) is 0 Å². The van der Waals surface area contributed by atoms with Crippen LogP contribution in [0.2, 0.25) is 0 Å². The second kappa shape index (κ2) is 11.2. The Morgan fingerprint density at radius 3 is 1.90 bits per heavy atom. The number of rotatable bonds is 8. The molecule has 0 amide bonds. The minimum absolute atomic E-state index is 0.151. The molecule has 0 heterocycles. The third-order valence-corrected chi connectivity index (χ3v) is 7.23. The van der Waals surface area contributed by atoms with Crippen LogP contribution in [0.1, 0.15) is 88.5 Å². The quantitative estimate of drug-likeness (QED) is 0.175. The Balaban J connectivity index is 1.38. The monoisotopic (exact) mass is 410 g/mol. The fourth-order valence-electron chi connectivity index (χ4n) is 5.51. The summed E-state index contributed by atoms with van der Waals surface area (Å²) in [5.74, 6) is -1.00. The second-order valence-electron chi connectivity index (χ2n) is 9.07. The maximum Gasteiger partial charge on any atom is 0.194 e. The summed E-state index contributed by atoms with van der Waals surface area (Å²) in [6.07, 6.45) is 17.5. The summed E-state index contributed by atoms with van der Waals surface area (Å²) in [4.78, 5) is 0. The van der Waals surface area contributed by atoms with E-state index in [1.807, 2.05) is 6.08 Å². The van der Waals surface area contributed by atoms with Crippen molar-refractivity contribution in [1.82, 2.24) is 0 Å². The number of unbranched alkanes of at least 4 members (excludes halogenated alkanes) is 1. The molecule has 162 valence electrons. The lowest BCUT2D eigenvalue weighted by molar-refractivity contribution is 0.156. The lowest BCUT2D eigenvalue weighted by Crippen LogP contribution is -2.25. The number of alkyl halides is 1. The van der Waals surface area contributed by atoms with Crippen LogP contribution in [-0.4, -0.2) is 6.67 Å². The van der Waals surface area contributed by atoms with E-state index >= 15 is 0 Å². The SMILES string of the molecule is FCC/C=C/CCC[C@H]1CC[C@H](C2CCC(c3cc(F)c(F)c(F)c3)CC2)CC1. The lowest BCUT2D eigenvalue weighted by atomic mass is 9.68. The van der Waals surface area contributed by atoms with Crippen molar-refractivity contribution in [2.75, 3.05) is 6.67 Å². The molecule has 0 nitrogen and oxygen atoms in total. The van der Waals surface area contributed by atoms with E-state index in [1.54, 1.807) is 0 Å². The zero-order valence-electron chi connectivity index (χ0n) is 17.3. The highest BCUT2D eigenvalue weighted by Gasteiger charge is 2.31. The van der Waals surface area contributed by atoms with Crippen LogP contribution in [0.5, 0.6) is 0 Å². The van der Waals surface area contributed by atoms with Gasteiger partial charge in [-0.25, -0.2) is 13.2 Å². The van der Waals surface area contributed by atoms with Crippen LogP contribution in [0.3, 0.4) is 0 Å². The van der Waals surface area contributed by atoms with Gasteiger partial charge in [-0.1, -0.05) is 31.4 Å². The molecule has 3 rings (SSSR count). The van der Waals surface area contributed by atoms with Gasteiger partial charge in [-0.05, 0) is 99.2 Å². The van der Waals surface area contributed by atoms with E-state index in [0.29, 0.717) is 12.0 Å². The molecule has 0 unspecified atom stereocenters. The van der Waals surface area contributed by atoms with Gasteiger partial charge in [0.1, 0.15) is 0 Å². The van der Waals surface area contributed by atoms with E-state index < -0.39 is 17.5 Å². The van der Waals surface area contributed by atoms with E-state index in [-0.39, 0.29) is 12.6 Å². The highest BCUT2D eigenvalue weighted by atomic mass is 19.2. The molecule has 0 spiro atoms. The molecule has 2 aliphatic rings. The van der Waals surface area contributed by atoms with E-state index in [9.17, 15) is 17.6 Å². The summed E-state index contributed by atoms with van der Waals surface area (Å²) >= 11 is 0. The first-order chi connectivity index (χ1) is 14.1. The topological polar surface area (TPSA) is 0 Å². The molecular formula is C25H34F4. The minimum atomic E-state index is -1.37. The Morgan fingerprint density at radius 2 is 1.31 bits per heavy atom. The van der Waals surface area contributed by atoms with Crippen molar-refractivity contribution in [1.29, 1.82) is 0 Å². The third-order valence-electron chi connectivity index (χ3n) is 7.23. The zero-order chi connectivity index (χ0) is 20.6. The van der Waals surface area contributed by atoms with Crippen molar-refractivity contribution >= 4 is 0 Å². The van der Waals surface area contributed by atoms with Crippen molar-refractivity contribution in [2.24, 2.45) is 17.8 Å². The van der Waals surface area contributed by atoms with Gasteiger partial charge in [0, 0.05) is 0 Å². The van der Waals surface area contributed by atoms with Crippen LogP contribution < -0.4 is 0 Å². The molecule has 2 saturated carbocycles.